The number of carbonyl (C=O) groups excluding carboxylic acids is 3. The molecule has 1 aliphatic heterocycles. The summed E-state index contributed by atoms with van der Waals surface area (Å²) >= 11 is 0. The van der Waals surface area contributed by atoms with Crippen LogP contribution in [-0.4, -0.2) is 81.9 Å². The largest absolute Gasteiger partial charge is 0.447 e. The molecule has 0 aromatic carbocycles. The minimum absolute atomic E-state index is 0.00290. The average molecular weight is 555 g/mol. The van der Waals surface area contributed by atoms with E-state index in [2.05, 4.69) is 35.9 Å². The maximum atomic E-state index is 12.8. The molecule has 11 heteroatoms. The van der Waals surface area contributed by atoms with Gasteiger partial charge in [0.2, 0.25) is 5.91 Å². The van der Waals surface area contributed by atoms with Gasteiger partial charge < -0.3 is 40.6 Å². The van der Waals surface area contributed by atoms with Crippen molar-refractivity contribution in [2.24, 2.45) is 17.6 Å². The molecule has 224 valence electrons. The lowest BCUT2D eigenvalue weighted by Crippen LogP contribution is -2.52. The first kappa shape index (κ1) is 32.8. The van der Waals surface area contributed by atoms with Crippen LogP contribution in [0.25, 0.3) is 0 Å². The maximum absolute atomic E-state index is 12.8. The Morgan fingerprint density at radius 1 is 1.08 bits per heavy atom. The molecular weight excluding hydrogens is 504 g/mol. The number of epoxide rings is 1. The van der Waals surface area contributed by atoms with Crippen molar-refractivity contribution in [1.82, 2.24) is 16.0 Å². The van der Waals surface area contributed by atoms with E-state index >= 15 is 0 Å². The summed E-state index contributed by atoms with van der Waals surface area (Å²) < 4.78 is 22.9. The molecule has 0 radical (unpaired) electrons. The fourth-order valence-corrected chi connectivity index (χ4v) is 4.93. The Kier molecular flexibility index (Phi) is 14.0. The lowest BCUT2D eigenvalue weighted by Gasteiger charge is -2.40. The fourth-order valence-electron chi connectivity index (χ4n) is 4.93. The molecule has 5 N–H and O–H groups in total. The number of methoxy groups -OCH3 is 1. The zero-order valence-corrected chi connectivity index (χ0v) is 24.4. The number of carbonyl (C=O) groups is 3. The molecule has 5 atom stereocenters. The van der Waals surface area contributed by atoms with Crippen LogP contribution in [0, 0.1) is 11.8 Å². The minimum Gasteiger partial charge on any atom is -0.447 e. The molecule has 0 bridgehead atoms. The van der Waals surface area contributed by atoms with E-state index in [1.165, 1.54) is 5.57 Å². The number of ether oxygens (including phenoxy) is 4. The van der Waals surface area contributed by atoms with E-state index in [-0.39, 0.29) is 48.7 Å². The summed E-state index contributed by atoms with van der Waals surface area (Å²) in [5, 5.41) is 8.34. The highest BCUT2D eigenvalue weighted by Gasteiger charge is 2.58. The van der Waals surface area contributed by atoms with Gasteiger partial charge in [0.1, 0.15) is 18.8 Å². The third-order valence-corrected chi connectivity index (χ3v) is 7.50. The van der Waals surface area contributed by atoms with Crippen LogP contribution in [0.1, 0.15) is 72.6 Å². The standard InChI is InChI=1S/C28H50N4O7/c1-19(2)10-11-21-25(36-5)23(12-13-28(21)18-38-28)39-27(35)32-22(20(3)4)17-37-26(34)31-15-9-7-6-8-14-30-24(33)16-29/h10,20-23,25H,6-9,11-18,29H2,1-5H3,(H,30,33)(H,31,34)(H,32,35)/t21?,22-,23?,25?,28-/m0/s1. The van der Waals surface area contributed by atoms with E-state index in [9.17, 15) is 14.4 Å². The van der Waals surface area contributed by atoms with E-state index in [0.717, 1.165) is 45.1 Å². The van der Waals surface area contributed by atoms with Crippen LogP contribution in [-0.2, 0) is 23.7 Å². The second kappa shape index (κ2) is 16.7. The Bertz CT molecular complexity index is 812. The minimum atomic E-state index is -0.541. The van der Waals surface area contributed by atoms with Crippen LogP contribution in [0.4, 0.5) is 9.59 Å². The maximum Gasteiger partial charge on any atom is 0.407 e. The molecule has 1 saturated carbocycles. The van der Waals surface area contributed by atoms with Crippen molar-refractivity contribution in [3.8, 4) is 0 Å². The molecule has 2 rings (SSSR count). The summed E-state index contributed by atoms with van der Waals surface area (Å²) in [6, 6.07) is -0.392. The van der Waals surface area contributed by atoms with Crippen molar-refractivity contribution >= 4 is 18.1 Å². The van der Waals surface area contributed by atoms with Crippen LogP contribution < -0.4 is 21.7 Å². The Morgan fingerprint density at radius 2 is 1.74 bits per heavy atom. The molecule has 1 spiro atoms. The second-order valence-corrected chi connectivity index (χ2v) is 11.1. The second-order valence-electron chi connectivity index (χ2n) is 11.1. The van der Waals surface area contributed by atoms with E-state index in [1.54, 1.807) is 7.11 Å². The number of rotatable bonds is 16. The third kappa shape index (κ3) is 11.3. The van der Waals surface area contributed by atoms with Crippen molar-refractivity contribution in [2.45, 2.75) is 96.5 Å². The molecule has 11 nitrogen and oxygen atoms in total. The number of unbranched alkanes of at least 4 members (excludes halogenated alkanes) is 3. The van der Waals surface area contributed by atoms with Crippen LogP contribution in [0.2, 0.25) is 0 Å². The lowest BCUT2D eigenvalue weighted by atomic mass is 9.73. The van der Waals surface area contributed by atoms with Gasteiger partial charge in [0.15, 0.2) is 0 Å². The summed E-state index contributed by atoms with van der Waals surface area (Å²) in [7, 11) is 1.65. The summed E-state index contributed by atoms with van der Waals surface area (Å²) in [5.41, 5.74) is 6.30. The molecule has 2 fully saturated rings. The lowest BCUT2D eigenvalue weighted by molar-refractivity contribution is -0.119. The van der Waals surface area contributed by atoms with Gasteiger partial charge in [-0.2, -0.15) is 0 Å². The number of alkyl carbamates (subject to hydrolysis) is 2. The van der Waals surface area contributed by atoms with E-state index in [1.807, 2.05) is 13.8 Å². The average Bonchev–Trinajstić information content (AvgIpc) is 3.67. The molecular formula is C28H50N4O7. The van der Waals surface area contributed by atoms with Gasteiger partial charge in [-0.25, -0.2) is 9.59 Å². The highest BCUT2D eigenvalue weighted by Crippen LogP contribution is 2.49. The van der Waals surface area contributed by atoms with Crippen LogP contribution in [0.5, 0.6) is 0 Å². The third-order valence-electron chi connectivity index (χ3n) is 7.50. The predicted octanol–water partition coefficient (Wildman–Crippen LogP) is 3.02. The number of allylic oxidation sites excluding steroid dienone is 2. The van der Waals surface area contributed by atoms with Crippen LogP contribution in [0.15, 0.2) is 11.6 Å². The summed E-state index contributed by atoms with van der Waals surface area (Å²) in [6.45, 7) is 9.89. The topological polar surface area (TPSA) is 154 Å². The first-order valence-corrected chi connectivity index (χ1v) is 14.3. The highest BCUT2D eigenvalue weighted by molar-refractivity contribution is 5.77. The van der Waals surface area contributed by atoms with Gasteiger partial charge in [0.05, 0.1) is 24.8 Å². The Hall–Kier alpha value is -2.37. The van der Waals surface area contributed by atoms with E-state index in [0.29, 0.717) is 19.5 Å². The quantitative estimate of drug-likeness (QED) is 0.129. The number of hydrogen-bond acceptors (Lipinski definition) is 8. The Labute approximate surface area is 233 Å². The number of nitrogens with one attached hydrogen (secondary N) is 3. The zero-order chi connectivity index (χ0) is 28.8. The van der Waals surface area contributed by atoms with Crippen molar-refractivity contribution < 1.29 is 33.3 Å². The predicted molar refractivity (Wildman–Crippen MR) is 148 cm³/mol. The molecule has 0 aromatic heterocycles. The van der Waals surface area contributed by atoms with Crippen molar-refractivity contribution in [3.05, 3.63) is 11.6 Å². The van der Waals surface area contributed by atoms with Gasteiger partial charge in [-0.05, 0) is 51.9 Å². The van der Waals surface area contributed by atoms with Gasteiger partial charge in [0, 0.05) is 26.1 Å². The normalized spacial score (nSPS) is 24.5. The van der Waals surface area contributed by atoms with Crippen molar-refractivity contribution in [2.75, 3.05) is 40.0 Å². The van der Waals surface area contributed by atoms with Gasteiger partial charge in [0.25, 0.3) is 0 Å². The summed E-state index contributed by atoms with van der Waals surface area (Å²) in [5.74, 6) is -0.00229. The highest BCUT2D eigenvalue weighted by atomic mass is 16.6. The summed E-state index contributed by atoms with van der Waals surface area (Å²) in [4.78, 5) is 36.1. The molecule has 2 aliphatic rings. The first-order valence-electron chi connectivity index (χ1n) is 14.3. The van der Waals surface area contributed by atoms with Crippen molar-refractivity contribution in [3.63, 3.8) is 0 Å². The molecule has 0 aromatic rings. The van der Waals surface area contributed by atoms with Crippen molar-refractivity contribution in [1.29, 1.82) is 0 Å². The van der Waals surface area contributed by atoms with Crippen LogP contribution >= 0.6 is 0 Å². The Morgan fingerprint density at radius 3 is 2.31 bits per heavy atom. The molecule has 1 heterocycles. The summed E-state index contributed by atoms with van der Waals surface area (Å²) in [6.07, 6.45) is 6.34. The monoisotopic (exact) mass is 554 g/mol. The van der Waals surface area contributed by atoms with Crippen LogP contribution in [0.3, 0.4) is 0 Å². The molecule has 3 amide bonds. The van der Waals surface area contributed by atoms with Gasteiger partial charge in [-0.15, -0.1) is 0 Å². The van der Waals surface area contributed by atoms with E-state index in [4.69, 9.17) is 24.7 Å². The molecule has 1 saturated heterocycles. The van der Waals surface area contributed by atoms with E-state index < -0.39 is 18.2 Å². The van der Waals surface area contributed by atoms with Gasteiger partial charge >= 0.3 is 12.2 Å². The number of hydrogen-bond donors (Lipinski definition) is 4. The van der Waals surface area contributed by atoms with Gasteiger partial charge in [-0.3, -0.25) is 4.79 Å². The fraction of sp³-hybridized carbons (Fsp3) is 0.821. The van der Waals surface area contributed by atoms with Gasteiger partial charge in [-0.1, -0.05) is 38.3 Å². The smallest absolute Gasteiger partial charge is 0.407 e. The molecule has 1 aliphatic carbocycles. The SMILES string of the molecule is COC1C(OC(=O)N[C@@H](COC(=O)NCCCCCCNC(=O)CN)C(C)C)CC[C@]2(CO2)C1CC=C(C)C. The number of amides is 3. The first-order chi connectivity index (χ1) is 18.6. The zero-order valence-electron chi connectivity index (χ0n) is 24.4. The number of nitrogens with two attached hydrogens (primary N) is 1. The molecule has 39 heavy (non-hydrogen) atoms. The Balaban J connectivity index is 1.72. The molecule has 3 unspecified atom stereocenters.